The maximum atomic E-state index is 2.48. The third-order valence-electron chi connectivity index (χ3n) is 3.64. The Bertz CT molecular complexity index is 468. The molecule has 0 aromatic heterocycles. The van der Waals surface area contributed by atoms with Crippen LogP contribution in [-0.2, 0) is 0 Å². The lowest BCUT2D eigenvalue weighted by Gasteiger charge is -2.28. The van der Waals surface area contributed by atoms with Crippen LogP contribution in [0.2, 0.25) is 0 Å². The van der Waals surface area contributed by atoms with E-state index in [1.807, 2.05) is 0 Å². The van der Waals surface area contributed by atoms with Crippen molar-refractivity contribution in [3.63, 3.8) is 0 Å². The summed E-state index contributed by atoms with van der Waals surface area (Å²) in [6, 6.07) is 10.7. The van der Waals surface area contributed by atoms with E-state index in [2.05, 4.69) is 83.8 Å². The number of allylic oxidation sites excluding steroid dienone is 4. The highest BCUT2D eigenvalue weighted by Crippen LogP contribution is 2.21. The molecule has 0 N–H and O–H groups in total. The third-order valence-corrected chi connectivity index (χ3v) is 3.64. The highest BCUT2D eigenvalue weighted by atomic mass is 15.1. The summed E-state index contributed by atoms with van der Waals surface area (Å²) in [6.07, 6.45) is 17.7. The molecule has 1 nitrogen and oxygen atoms in total. The average Bonchev–Trinajstić information content (AvgIpc) is 3.12. The monoisotopic (exact) mass is 249 g/mol. The van der Waals surface area contributed by atoms with Gasteiger partial charge in [0.1, 0.15) is 0 Å². The number of anilines is 1. The molecule has 0 amide bonds. The van der Waals surface area contributed by atoms with Crippen molar-refractivity contribution in [2.24, 2.45) is 11.8 Å². The average molecular weight is 249 g/mol. The van der Waals surface area contributed by atoms with Gasteiger partial charge >= 0.3 is 0 Å². The van der Waals surface area contributed by atoms with Gasteiger partial charge in [0.25, 0.3) is 0 Å². The minimum atomic E-state index is 0.537. The van der Waals surface area contributed by atoms with Crippen LogP contribution in [0.3, 0.4) is 0 Å². The minimum absolute atomic E-state index is 0.537. The molecule has 0 bridgehead atoms. The molecule has 2 aliphatic carbocycles. The summed E-state index contributed by atoms with van der Waals surface area (Å²) in [5, 5.41) is 0. The normalized spacial score (nSPS) is 17.7. The van der Waals surface area contributed by atoms with Crippen molar-refractivity contribution in [2.75, 3.05) is 18.0 Å². The van der Waals surface area contributed by atoms with E-state index in [4.69, 9.17) is 0 Å². The number of hydrogen-bond donors (Lipinski definition) is 0. The van der Waals surface area contributed by atoms with E-state index in [0.29, 0.717) is 11.8 Å². The summed E-state index contributed by atoms with van der Waals surface area (Å²) in [7, 11) is 0. The number of benzene rings is 1. The summed E-state index contributed by atoms with van der Waals surface area (Å²) >= 11 is 0. The molecule has 0 atom stereocenters. The van der Waals surface area contributed by atoms with Gasteiger partial charge in [-0.05, 0) is 12.1 Å². The van der Waals surface area contributed by atoms with Crippen molar-refractivity contribution < 1.29 is 0 Å². The molecular formula is C18H19N. The van der Waals surface area contributed by atoms with Crippen LogP contribution in [-0.4, -0.2) is 13.1 Å². The second-order valence-corrected chi connectivity index (χ2v) is 5.11. The zero-order valence-corrected chi connectivity index (χ0v) is 11.0. The molecule has 0 aliphatic heterocycles. The second-order valence-electron chi connectivity index (χ2n) is 5.11. The molecule has 0 unspecified atom stereocenters. The highest BCUT2D eigenvalue weighted by molar-refractivity contribution is 5.47. The van der Waals surface area contributed by atoms with Crippen molar-refractivity contribution in [3.05, 3.63) is 78.9 Å². The van der Waals surface area contributed by atoms with E-state index < -0.39 is 0 Å². The first-order chi connectivity index (χ1) is 9.42. The zero-order valence-electron chi connectivity index (χ0n) is 11.0. The summed E-state index contributed by atoms with van der Waals surface area (Å²) in [4.78, 5) is 2.48. The number of para-hydroxylation sites is 1. The van der Waals surface area contributed by atoms with Crippen LogP contribution in [0, 0.1) is 11.8 Å². The van der Waals surface area contributed by atoms with Gasteiger partial charge in [0.05, 0.1) is 0 Å². The molecule has 0 fully saturated rings. The minimum Gasteiger partial charge on any atom is -0.370 e. The molecule has 0 radical (unpaired) electrons. The van der Waals surface area contributed by atoms with Gasteiger partial charge in [-0.2, -0.15) is 0 Å². The van der Waals surface area contributed by atoms with Crippen molar-refractivity contribution in [1.82, 2.24) is 0 Å². The third kappa shape index (κ3) is 3.05. The summed E-state index contributed by atoms with van der Waals surface area (Å²) in [5.74, 6) is 1.07. The molecule has 96 valence electrons. The van der Waals surface area contributed by atoms with E-state index in [-0.39, 0.29) is 0 Å². The van der Waals surface area contributed by atoms with Gasteiger partial charge in [-0.25, -0.2) is 0 Å². The van der Waals surface area contributed by atoms with Crippen LogP contribution in [0.25, 0.3) is 0 Å². The zero-order chi connectivity index (χ0) is 12.9. The number of rotatable bonds is 5. The fourth-order valence-corrected chi connectivity index (χ4v) is 2.63. The number of nitrogens with zero attached hydrogens (tertiary/aromatic N) is 1. The van der Waals surface area contributed by atoms with Crippen LogP contribution in [0.5, 0.6) is 0 Å². The molecule has 19 heavy (non-hydrogen) atoms. The Balaban J connectivity index is 1.74. The largest absolute Gasteiger partial charge is 0.370 e. The van der Waals surface area contributed by atoms with E-state index in [0.717, 1.165) is 13.1 Å². The summed E-state index contributed by atoms with van der Waals surface area (Å²) in [5.41, 5.74) is 1.31. The van der Waals surface area contributed by atoms with E-state index in [1.165, 1.54) is 5.69 Å². The smallest absolute Gasteiger partial charge is 0.0366 e. The lowest BCUT2D eigenvalue weighted by molar-refractivity contribution is 0.669. The highest BCUT2D eigenvalue weighted by Gasteiger charge is 2.15. The Kier molecular flexibility index (Phi) is 3.64. The topological polar surface area (TPSA) is 3.24 Å². The van der Waals surface area contributed by atoms with E-state index in [1.54, 1.807) is 0 Å². The van der Waals surface area contributed by atoms with E-state index >= 15 is 0 Å². The molecule has 1 heteroatoms. The fourth-order valence-electron chi connectivity index (χ4n) is 2.63. The van der Waals surface area contributed by atoms with Crippen molar-refractivity contribution >= 4 is 5.69 Å². The maximum absolute atomic E-state index is 2.48. The Morgan fingerprint density at radius 1 is 0.684 bits per heavy atom. The Hall–Kier alpha value is -2.02. The van der Waals surface area contributed by atoms with Gasteiger partial charge in [0.15, 0.2) is 0 Å². The van der Waals surface area contributed by atoms with Crippen molar-refractivity contribution in [2.45, 2.75) is 0 Å². The standard InChI is InChI=1S/C18H19N/c1-2-12-18(13-3-1)19(14-16-8-4-5-9-16)15-17-10-6-7-11-17/h1-13,16-17H,14-15H2. The molecular weight excluding hydrogens is 230 g/mol. The van der Waals surface area contributed by atoms with Gasteiger partial charge in [-0.3, -0.25) is 0 Å². The molecule has 0 heterocycles. The van der Waals surface area contributed by atoms with Crippen LogP contribution in [0.4, 0.5) is 5.69 Å². The molecule has 0 saturated heterocycles. The van der Waals surface area contributed by atoms with Gasteiger partial charge in [-0.15, -0.1) is 0 Å². The van der Waals surface area contributed by atoms with Gasteiger partial charge in [0.2, 0.25) is 0 Å². The Morgan fingerprint density at radius 2 is 1.16 bits per heavy atom. The SMILES string of the molecule is C1=CC(CN(CC2C=CC=C2)c2ccccc2)C=C1. The lowest BCUT2D eigenvalue weighted by Crippen LogP contribution is -2.31. The summed E-state index contributed by atoms with van der Waals surface area (Å²) < 4.78 is 0. The van der Waals surface area contributed by atoms with Crippen LogP contribution in [0.1, 0.15) is 0 Å². The fraction of sp³-hybridized carbons (Fsp3) is 0.222. The predicted molar refractivity (Wildman–Crippen MR) is 82.2 cm³/mol. The second kappa shape index (κ2) is 5.75. The van der Waals surface area contributed by atoms with Crippen molar-refractivity contribution in [3.8, 4) is 0 Å². The summed E-state index contributed by atoms with van der Waals surface area (Å²) in [6.45, 7) is 2.10. The lowest BCUT2D eigenvalue weighted by atomic mass is 10.1. The van der Waals surface area contributed by atoms with Crippen molar-refractivity contribution in [1.29, 1.82) is 0 Å². The first kappa shape index (κ1) is 12.0. The molecule has 0 saturated carbocycles. The maximum Gasteiger partial charge on any atom is 0.0366 e. The van der Waals surface area contributed by atoms with Gasteiger partial charge < -0.3 is 4.90 Å². The van der Waals surface area contributed by atoms with Gasteiger partial charge in [-0.1, -0.05) is 66.8 Å². The van der Waals surface area contributed by atoms with Crippen LogP contribution < -0.4 is 4.90 Å². The molecule has 1 aromatic rings. The van der Waals surface area contributed by atoms with Crippen LogP contribution >= 0.6 is 0 Å². The first-order valence-corrected chi connectivity index (χ1v) is 6.92. The first-order valence-electron chi connectivity index (χ1n) is 6.92. The molecule has 0 spiro atoms. The van der Waals surface area contributed by atoms with Gasteiger partial charge in [0, 0.05) is 30.6 Å². The van der Waals surface area contributed by atoms with Crippen LogP contribution in [0.15, 0.2) is 78.9 Å². The van der Waals surface area contributed by atoms with E-state index in [9.17, 15) is 0 Å². The Labute approximate surface area is 115 Å². The predicted octanol–water partition coefficient (Wildman–Crippen LogP) is 3.98. The molecule has 2 aliphatic rings. The molecule has 1 aromatic carbocycles. The Morgan fingerprint density at radius 3 is 1.63 bits per heavy atom. The quantitative estimate of drug-likeness (QED) is 0.763. The number of hydrogen-bond acceptors (Lipinski definition) is 1. The molecule has 3 rings (SSSR count).